The number of amides is 1. The predicted octanol–water partition coefficient (Wildman–Crippen LogP) is 3.13. The Labute approximate surface area is 139 Å². The number of piperazine rings is 1. The van der Waals surface area contributed by atoms with Gasteiger partial charge in [0.25, 0.3) is 5.91 Å². The van der Waals surface area contributed by atoms with E-state index in [0.717, 1.165) is 38.4 Å². The van der Waals surface area contributed by atoms with E-state index in [9.17, 15) is 4.79 Å². The van der Waals surface area contributed by atoms with Crippen molar-refractivity contribution < 1.29 is 9.21 Å². The number of carbonyl (C=O) groups is 1. The zero-order valence-corrected chi connectivity index (χ0v) is 14.6. The monoisotopic (exact) mass is 319 g/mol. The summed E-state index contributed by atoms with van der Waals surface area (Å²) in [5, 5.41) is 0. The van der Waals surface area contributed by atoms with Gasteiger partial charge in [-0.15, -0.1) is 0 Å². The van der Waals surface area contributed by atoms with Crippen molar-refractivity contribution in [2.24, 2.45) is 5.92 Å². The molecule has 5 nitrogen and oxygen atoms in total. The Balaban J connectivity index is 1.73. The molecule has 0 radical (unpaired) electrons. The zero-order chi connectivity index (χ0) is 16.4. The first-order chi connectivity index (χ1) is 11.1. The third-order valence-electron chi connectivity index (χ3n) is 5.35. The molecule has 1 amide bonds. The average Bonchev–Trinajstić information content (AvgIpc) is 3.05. The molecule has 3 rings (SSSR count). The standard InChI is InChI=1S/C18H29N3O2/c1-13(2)16-11-20(3)9-10-21(16)18(22)15-12-23-17(19-15)14-7-5-4-6-8-14/h12-14,16H,4-11H2,1-3H3. The molecule has 2 heterocycles. The largest absolute Gasteiger partial charge is 0.448 e. The van der Waals surface area contributed by atoms with Crippen LogP contribution in [0, 0.1) is 5.92 Å². The number of aromatic nitrogens is 1. The van der Waals surface area contributed by atoms with Gasteiger partial charge in [-0.05, 0) is 25.8 Å². The SMILES string of the molecule is CC(C)C1CN(C)CCN1C(=O)c1coc(C2CCCCC2)n1. The van der Waals surface area contributed by atoms with Crippen LogP contribution < -0.4 is 0 Å². The van der Waals surface area contributed by atoms with Crippen molar-refractivity contribution in [3.8, 4) is 0 Å². The highest BCUT2D eigenvalue weighted by Gasteiger charge is 2.33. The predicted molar refractivity (Wildman–Crippen MR) is 89.5 cm³/mol. The Kier molecular flexibility index (Phi) is 5.05. The fourth-order valence-electron chi connectivity index (χ4n) is 3.85. The van der Waals surface area contributed by atoms with Crippen molar-refractivity contribution >= 4 is 5.91 Å². The number of rotatable bonds is 3. The van der Waals surface area contributed by atoms with E-state index in [2.05, 4.69) is 30.8 Å². The Hall–Kier alpha value is -1.36. The number of oxazole rings is 1. The van der Waals surface area contributed by atoms with E-state index in [1.54, 1.807) is 6.26 Å². The van der Waals surface area contributed by atoms with Gasteiger partial charge in [-0.3, -0.25) is 4.79 Å². The molecule has 23 heavy (non-hydrogen) atoms. The number of likely N-dealkylation sites (N-methyl/N-ethyl adjacent to an activating group) is 1. The van der Waals surface area contributed by atoms with Crippen LogP contribution in [0.15, 0.2) is 10.7 Å². The smallest absolute Gasteiger partial charge is 0.276 e. The van der Waals surface area contributed by atoms with E-state index >= 15 is 0 Å². The van der Waals surface area contributed by atoms with E-state index in [1.165, 1.54) is 19.3 Å². The minimum absolute atomic E-state index is 0.0302. The first-order valence-corrected chi connectivity index (χ1v) is 9.01. The van der Waals surface area contributed by atoms with E-state index in [0.29, 0.717) is 17.5 Å². The molecular formula is C18H29N3O2. The molecule has 0 aromatic carbocycles. The second kappa shape index (κ2) is 7.04. The molecule has 2 fully saturated rings. The fourth-order valence-corrected chi connectivity index (χ4v) is 3.85. The van der Waals surface area contributed by atoms with Crippen LogP contribution in [0.3, 0.4) is 0 Å². The lowest BCUT2D eigenvalue weighted by Gasteiger charge is -2.41. The van der Waals surface area contributed by atoms with E-state index in [-0.39, 0.29) is 11.9 Å². The van der Waals surface area contributed by atoms with Gasteiger partial charge in [0.2, 0.25) is 0 Å². The average molecular weight is 319 g/mol. The Morgan fingerprint density at radius 1 is 1.26 bits per heavy atom. The van der Waals surface area contributed by atoms with Gasteiger partial charge in [0.05, 0.1) is 0 Å². The van der Waals surface area contributed by atoms with Crippen LogP contribution >= 0.6 is 0 Å². The molecule has 1 saturated heterocycles. The van der Waals surface area contributed by atoms with Crippen molar-refractivity contribution in [2.45, 2.75) is 57.9 Å². The summed E-state index contributed by atoms with van der Waals surface area (Å²) in [7, 11) is 2.12. The highest BCUT2D eigenvalue weighted by molar-refractivity contribution is 5.92. The first kappa shape index (κ1) is 16.5. The summed E-state index contributed by atoms with van der Waals surface area (Å²) in [6, 6.07) is 0.246. The summed E-state index contributed by atoms with van der Waals surface area (Å²) in [6.07, 6.45) is 7.63. The Morgan fingerprint density at radius 2 is 2.00 bits per heavy atom. The maximum absolute atomic E-state index is 12.9. The van der Waals surface area contributed by atoms with Crippen LogP contribution in [0.2, 0.25) is 0 Å². The van der Waals surface area contributed by atoms with Crippen molar-refractivity contribution in [1.29, 1.82) is 0 Å². The third kappa shape index (κ3) is 3.60. The van der Waals surface area contributed by atoms with Gasteiger partial charge in [0.15, 0.2) is 11.6 Å². The molecule has 2 aliphatic rings. The maximum atomic E-state index is 12.9. The second-order valence-corrected chi connectivity index (χ2v) is 7.48. The summed E-state index contributed by atoms with van der Waals surface area (Å²) in [6.45, 7) is 6.98. The molecule has 1 aromatic heterocycles. The van der Waals surface area contributed by atoms with E-state index in [4.69, 9.17) is 4.42 Å². The molecule has 1 saturated carbocycles. The molecule has 0 spiro atoms. The molecule has 1 unspecified atom stereocenters. The topological polar surface area (TPSA) is 49.6 Å². The molecule has 1 aromatic rings. The third-order valence-corrected chi connectivity index (χ3v) is 5.35. The fraction of sp³-hybridized carbons (Fsp3) is 0.778. The number of hydrogen-bond donors (Lipinski definition) is 0. The van der Waals surface area contributed by atoms with Crippen LogP contribution in [0.5, 0.6) is 0 Å². The molecular weight excluding hydrogens is 290 g/mol. The van der Waals surface area contributed by atoms with Gasteiger partial charge >= 0.3 is 0 Å². The Morgan fingerprint density at radius 3 is 2.70 bits per heavy atom. The summed E-state index contributed by atoms with van der Waals surface area (Å²) in [4.78, 5) is 21.7. The zero-order valence-electron chi connectivity index (χ0n) is 14.6. The van der Waals surface area contributed by atoms with E-state index < -0.39 is 0 Å². The first-order valence-electron chi connectivity index (χ1n) is 9.01. The lowest BCUT2D eigenvalue weighted by Crippen LogP contribution is -2.56. The summed E-state index contributed by atoms with van der Waals surface area (Å²) < 4.78 is 5.66. The molecule has 0 N–H and O–H groups in total. The van der Waals surface area contributed by atoms with Gasteiger partial charge in [0, 0.05) is 31.6 Å². The van der Waals surface area contributed by atoms with Gasteiger partial charge in [0.1, 0.15) is 6.26 Å². The molecule has 5 heteroatoms. The van der Waals surface area contributed by atoms with Gasteiger partial charge in [-0.2, -0.15) is 0 Å². The van der Waals surface area contributed by atoms with Gasteiger partial charge in [-0.25, -0.2) is 4.98 Å². The maximum Gasteiger partial charge on any atom is 0.276 e. The highest BCUT2D eigenvalue weighted by atomic mass is 16.3. The molecule has 1 aliphatic heterocycles. The second-order valence-electron chi connectivity index (χ2n) is 7.48. The van der Waals surface area contributed by atoms with Crippen molar-refractivity contribution in [3.05, 3.63) is 17.8 Å². The van der Waals surface area contributed by atoms with Crippen molar-refractivity contribution in [2.75, 3.05) is 26.7 Å². The van der Waals surface area contributed by atoms with E-state index in [1.807, 2.05) is 4.90 Å². The lowest BCUT2D eigenvalue weighted by molar-refractivity contribution is 0.0397. The Bertz CT molecular complexity index is 534. The summed E-state index contributed by atoms with van der Waals surface area (Å²) in [5.74, 6) is 1.64. The van der Waals surface area contributed by atoms with Crippen LogP contribution in [-0.4, -0.2) is 53.4 Å². The van der Waals surface area contributed by atoms with Crippen LogP contribution in [0.4, 0.5) is 0 Å². The molecule has 1 atom stereocenters. The van der Waals surface area contributed by atoms with Gasteiger partial charge < -0.3 is 14.2 Å². The number of carbonyl (C=O) groups excluding carboxylic acids is 1. The molecule has 128 valence electrons. The van der Waals surface area contributed by atoms with Crippen LogP contribution in [0.25, 0.3) is 0 Å². The highest BCUT2D eigenvalue weighted by Crippen LogP contribution is 2.32. The minimum Gasteiger partial charge on any atom is -0.448 e. The summed E-state index contributed by atoms with van der Waals surface area (Å²) >= 11 is 0. The lowest BCUT2D eigenvalue weighted by atomic mass is 9.89. The minimum atomic E-state index is 0.0302. The summed E-state index contributed by atoms with van der Waals surface area (Å²) in [5.41, 5.74) is 0.487. The molecule has 0 bridgehead atoms. The van der Waals surface area contributed by atoms with Crippen LogP contribution in [0.1, 0.15) is 68.2 Å². The van der Waals surface area contributed by atoms with Crippen molar-refractivity contribution in [3.63, 3.8) is 0 Å². The normalized spacial score (nSPS) is 24.3. The van der Waals surface area contributed by atoms with Crippen molar-refractivity contribution in [1.82, 2.24) is 14.8 Å². The van der Waals surface area contributed by atoms with Gasteiger partial charge in [-0.1, -0.05) is 33.1 Å². The number of hydrogen-bond acceptors (Lipinski definition) is 4. The van der Waals surface area contributed by atoms with Crippen LogP contribution in [-0.2, 0) is 0 Å². The number of nitrogens with zero attached hydrogens (tertiary/aromatic N) is 3. The quantitative estimate of drug-likeness (QED) is 0.859. The molecule has 1 aliphatic carbocycles.